The summed E-state index contributed by atoms with van der Waals surface area (Å²) in [7, 11) is 1.31. The monoisotopic (exact) mass is 263 g/mol. The van der Waals surface area contributed by atoms with Crippen LogP contribution in [0.1, 0.15) is 29.2 Å². The lowest BCUT2D eigenvalue weighted by molar-refractivity contribution is -0.00977. The number of esters is 1. The lowest BCUT2D eigenvalue weighted by Gasteiger charge is -2.47. The van der Waals surface area contributed by atoms with Gasteiger partial charge in [-0.05, 0) is 25.7 Å². The zero-order valence-electron chi connectivity index (χ0n) is 11.1. The predicted molar refractivity (Wildman–Crippen MR) is 68.0 cm³/mol. The highest BCUT2D eigenvalue weighted by atomic mass is 16.5. The zero-order valence-corrected chi connectivity index (χ0v) is 11.1. The van der Waals surface area contributed by atoms with Crippen LogP contribution in [0.2, 0.25) is 0 Å². The van der Waals surface area contributed by atoms with E-state index in [1.165, 1.54) is 7.11 Å². The number of hydrogen-bond donors (Lipinski definition) is 1. The van der Waals surface area contributed by atoms with Crippen molar-refractivity contribution in [3.63, 3.8) is 0 Å². The lowest BCUT2D eigenvalue weighted by atomic mass is 9.89. The second-order valence-corrected chi connectivity index (χ2v) is 5.42. The Hall–Kier alpha value is -1.69. The summed E-state index contributed by atoms with van der Waals surface area (Å²) in [6.07, 6.45) is 2.22. The predicted octanol–water partition coefficient (Wildman–Crippen LogP) is 0.533. The highest BCUT2D eigenvalue weighted by molar-refractivity contribution is 5.85. The third kappa shape index (κ3) is 2.16. The fraction of sp³-hybridized carbons (Fsp3) is 0.615. The summed E-state index contributed by atoms with van der Waals surface area (Å²) >= 11 is 0. The smallest absolute Gasteiger partial charge is 0.376 e. The molecule has 1 aliphatic carbocycles. The molecular weight excluding hydrogens is 246 g/mol. The number of anilines is 1. The maximum Gasteiger partial charge on any atom is 0.376 e. The van der Waals surface area contributed by atoms with Crippen LogP contribution in [0, 0.1) is 12.8 Å². The van der Waals surface area contributed by atoms with E-state index in [0.717, 1.165) is 12.8 Å². The highest BCUT2D eigenvalue weighted by Gasteiger charge is 2.52. The molecule has 3 rings (SSSR count). The minimum atomic E-state index is -0.565. The van der Waals surface area contributed by atoms with Crippen LogP contribution in [-0.4, -0.2) is 46.8 Å². The fourth-order valence-electron chi connectivity index (χ4n) is 2.55. The number of aryl methyl sites for hydroxylation is 1. The number of nitrogens with zero attached hydrogens (tertiary/aromatic N) is 3. The van der Waals surface area contributed by atoms with E-state index < -0.39 is 11.6 Å². The molecule has 1 aromatic heterocycles. The topological polar surface area (TPSA) is 75.5 Å². The van der Waals surface area contributed by atoms with Crippen molar-refractivity contribution in [3.05, 3.63) is 17.6 Å². The first-order valence-electron chi connectivity index (χ1n) is 6.43. The fourth-order valence-corrected chi connectivity index (χ4v) is 2.55. The van der Waals surface area contributed by atoms with Gasteiger partial charge in [-0.3, -0.25) is 0 Å². The number of methoxy groups -OCH3 is 1. The van der Waals surface area contributed by atoms with Crippen LogP contribution < -0.4 is 4.90 Å². The summed E-state index contributed by atoms with van der Waals surface area (Å²) in [5, 5.41) is 10.3. The van der Waals surface area contributed by atoms with E-state index in [1.807, 2.05) is 17.9 Å². The van der Waals surface area contributed by atoms with Gasteiger partial charge in [0.1, 0.15) is 11.4 Å². The zero-order chi connectivity index (χ0) is 13.6. The molecular formula is C13H17N3O3. The summed E-state index contributed by atoms with van der Waals surface area (Å²) < 4.78 is 4.63. The summed E-state index contributed by atoms with van der Waals surface area (Å²) in [6, 6.07) is 1.82. The van der Waals surface area contributed by atoms with Crippen LogP contribution >= 0.6 is 0 Å². The van der Waals surface area contributed by atoms with Crippen LogP contribution in [0.3, 0.4) is 0 Å². The van der Waals surface area contributed by atoms with Crippen molar-refractivity contribution >= 4 is 11.8 Å². The highest BCUT2D eigenvalue weighted by Crippen LogP contribution is 2.45. The molecule has 0 bridgehead atoms. The largest absolute Gasteiger partial charge is 0.463 e. The van der Waals surface area contributed by atoms with Gasteiger partial charge >= 0.3 is 5.97 Å². The van der Waals surface area contributed by atoms with Gasteiger partial charge in [0.05, 0.1) is 20.2 Å². The third-order valence-corrected chi connectivity index (χ3v) is 3.80. The van der Waals surface area contributed by atoms with Crippen LogP contribution in [0.4, 0.5) is 5.82 Å². The molecule has 0 spiro atoms. The molecule has 0 radical (unpaired) electrons. The van der Waals surface area contributed by atoms with E-state index in [-0.39, 0.29) is 5.82 Å². The van der Waals surface area contributed by atoms with Crippen molar-refractivity contribution < 1.29 is 14.6 Å². The van der Waals surface area contributed by atoms with E-state index in [9.17, 15) is 9.90 Å². The quantitative estimate of drug-likeness (QED) is 0.802. The maximum absolute atomic E-state index is 11.5. The number of aliphatic hydroxyl groups is 1. The van der Waals surface area contributed by atoms with Crippen molar-refractivity contribution in [1.29, 1.82) is 0 Å². The average molecular weight is 263 g/mol. The molecule has 2 fully saturated rings. The van der Waals surface area contributed by atoms with Gasteiger partial charge < -0.3 is 14.7 Å². The summed E-state index contributed by atoms with van der Waals surface area (Å²) in [6.45, 7) is 2.97. The minimum Gasteiger partial charge on any atom is -0.463 e. The number of hydrogen-bond acceptors (Lipinski definition) is 6. The number of carbonyl (C=O) groups is 1. The molecule has 19 heavy (non-hydrogen) atoms. The van der Waals surface area contributed by atoms with Gasteiger partial charge in [0.2, 0.25) is 5.82 Å². The van der Waals surface area contributed by atoms with Gasteiger partial charge in [-0.1, -0.05) is 0 Å². The van der Waals surface area contributed by atoms with Crippen molar-refractivity contribution in [2.45, 2.75) is 25.4 Å². The van der Waals surface area contributed by atoms with E-state index in [4.69, 9.17) is 0 Å². The molecule has 0 amide bonds. The molecule has 1 saturated carbocycles. The first-order valence-corrected chi connectivity index (χ1v) is 6.43. The number of ether oxygens (including phenoxy) is 1. The number of rotatable bonds is 3. The third-order valence-electron chi connectivity index (χ3n) is 3.80. The summed E-state index contributed by atoms with van der Waals surface area (Å²) in [4.78, 5) is 21.7. The molecule has 0 atom stereocenters. The molecule has 1 N–H and O–H groups in total. The van der Waals surface area contributed by atoms with Crippen molar-refractivity contribution in [1.82, 2.24) is 9.97 Å². The molecule has 0 aromatic carbocycles. The number of β-amino-alcohol motifs (C(OH)–C–C–N with tert-alkyl or cyclic N) is 1. The van der Waals surface area contributed by atoms with Gasteiger partial charge in [0.15, 0.2) is 0 Å². The van der Waals surface area contributed by atoms with E-state index in [2.05, 4.69) is 14.7 Å². The van der Waals surface area contributed by atoms with Gasteiger partial charge in [-0.25, -0.2) is 14.8 Å². The van der Waals surface area contributed by atoms with Crippen LogP contribution in [0.25, 0.3) is 0 Å². The first kappa shape index (κ1) is 12.3. The molecule has 6 heteroatoms. The SMILES string of the molecule is COC(=O)c1nc(C)cc(N2CC(O)(C3CC3)C2)n1. The van der Waals surface area contributed by atoms with Crippen molar-refractivity contribution in [2.75, 3.05) is 25.1 Å². The van der Waals surface area contributed by atoms with Gasteiger partial charge in [0, 0.05) is 11.8 Å². The Kier molecular flexibility index (Phi) is 2.70. The molecule has 1 aromatic rings. The Balaban J connectivity index is 1.78. The molecule has 1 saturated heterocycles. The summed E-state index contributed by atoms with van der Waals surface area (Å²) in [5.41, 5.74) is 0.150. The Morgan fingerprint density at radius 2 is 2.16 bits per heavy atom. The van der Waals surface area contributed by atoms with Gasteiger partial charge in [-0.2, -0.15) is 0 Å². The second kappa shape index (κ2) is 4.16. The number of carbonyl (C=O) groups excluding carboxylic acids is 1. The van der Waals surface area contributed by atoms with Crippen molar-refractivity contribution in [3.8, 4) is 0 Å². The van der Waals surface area contributed by atoms with Gasteiger partial charge in [-0.15, -0.1) is 0 Å². The van der Waals surface area contributed by atoms with Crippen LogP contribution in [-0.2, 0) is 4.74 Å². The number of aromatic nitrogens is 2. The van der Waals surface area contributed by atoms with E-state index in [1.54, 1.807) is 0 Å². The van der Waals surface area contributed by atoms with Crippen molar-refractivity contribution in [2.24, 2.45) is 5.92 Å². The van der Waals surface area contributed by atoms with Gasteiger partial charge in [0.25, 0.3) is 0 Å². The Bertz CT molecular complexity index is 522. The maximum atomic E-state index is 11.5. The minimum absolute atomic E-state index is 0.0689. The summed E-state index contributed by atoms with van der Waals surface area (Å²) in [5.74, 6) is 0.646. The molecule has 102 valence electrons. The first-order chi connectivity index (χ1) is 9.01. The van der Waals surface area contributed by atoms with E-state index >= 15 is 0 Å². The van der Waals surface area contributed by atoms with Crippen LogP contribution in [0.5, 0.6) is 0 Å². The Morgan fingerprint density at radius 3 is 2.74 bits per heavy atom. The van der Waals surface area contributed by atoms with E-state index in [0.29, 0.717) is 30.5 Å². The molecule has 0 unspecified atom stereocenters. The molecule has 1 aliphatic heterocycles. The Labute approximate surface area is 111 Å². The van der Waals surface area contributed by atoms with Crippen LogP contribution in [0.15, 0.2) is 6.07 Å². The second-order valence-electron chi connectivity index (χ2n) is 5.42. The molecule has 2 aliphatic rings. The standard InChI is InChI=1S/C13H17N3O3/c1-8-5-10(15-11(14-8)12(17)19-2)16-6-13(18,7-16)9-3-4-9/h5,9,18H,3-4,6-7H2,1-2H3. The normalized spacial score (nSPS) is 20.9. The Morgan fingerprint density at radius 1 is 1.47 bits per heavy atom. The lowest BCUT2D eigenvalue weighted by Crippen LogP contribution is -2.63. The molecule has 6 nitrogen and oxygen atoms in total. The average Bonchev–Trinajstić information content (AvgIpc) is 3.17. The molecule has 2 heterocycles.